The number of hydrogen-bond acceptors (Lipinski definition) is 3. The minimum atomic E-state index is 0.646. The van der Waals surface area contributed by atoms with Crippen molar-refractivity contribution in [3.05, 3.63) is 29.3 Å². The van der Waals surface area contributed by atoms with Crippen LogP contribution in [0.3, 0.4) is 0 Å². The number of aryl methyl sites for hydroxylation is 1. The summed E-state index contributed by atoms with van der Waals surface area (Å²) in [6.07, 6.45) is 2.61. The van der Waals surface area contributed by atoms with Gasteiger partial charge in [0.25, 0.3) is 0 Å². The van der Waals surface area contributed by atoms with Crippen molar-refractivity contribution in [3.63, 3.8) is 0 Å². The molecule has 2 aliphatic heterocycles. The Bertz CT molecular complexity index is 604. The molecule has 1 unspecified atom stereocenters. The van der Waals surface area contributed by atoms with E-state index in [2.05, 4.69) is 64.1 Å². The van der Waals surface area contributed by atoms with E-state index in [1.54, 1.807) is 0 Å². The third-order valence-corrected chi connectivity index (χ3v) is 5.88. The quantitative estimate of drug-likeness (QED) is 0.673. The van der Waals surface area contributed by atoms with E-state index < -0.39 is 0 Å². The predicted molar refractivity (Wildman–Crippen MR) is 107 cm³/mol. The van der Waals surface area contributed by atoms with E-state index in [0.717, 1.165) is 38.7 Å². The van der Waals surface area contributed by atoms with Crippen molar-refractivity contribution in [3.8, 4) is 0 Å². The number of likely N-dealkylation sites (N-methyl/N-ethyl adjacent to an activating group) is 1. The Hall–Kier alpha value is -1.75. The van der Waals surface area contributed by atoms with Crippen molar-refractivity contribution in [1.82, 2.24) is 15.1 Å². The molecule has 2 heterocycles. The third-order valence-electron chi connectivity index (χ3n) is 5.88. The van der Waals surface area contributed by atoms with Gasteiger partial charge in [-0.25, -0.2) is 0 Å². The standard InChI is InChI=1S/C20H33N5/c1-16-7-5-9-19(17(16)2)24-11-13-25(14-12-24)20(21-3)22-15-18-8-6-10-23(18)4/h5,7,9,18H,6,8,10-15H2,1-4H3,(H,21,22). The highest BCUT2D eigenvalue weighted by molar-refractivity contribution is 5.80. The van der Waals surface area contributed by atoms with E-state index in [0.29, 0.717) is 6.04 Å². The van der Waals surface area contributed by atoms with Crippen molar-refractivity contribution in [1.29, 1.82) is 0 Å². The number of likely N-dealkylation sites (tertiary alicyclic amines) is 1. The van der Waals surface area contributed by atoms with Crippen LogP contribution in [0.4, 0.5) is 5.69 Å². The number of nitrogens with zero attached hydrogens (tertiary/aromatic N) is 4. The van der Waals surface area contributed by atoms with Crippen molar-refractivity contribution >= 4 is 11.6 Å². The normalized spacial score (nSPS) is 22.6. The molecule has 138 valence electrons. The number of hydrogen-bond donors (Lipinski definition) is 1. The predicted octanol–water partition coefficient (Wildman–Crippen LogP) is 2.10. The van der Waals surface area contributed by atoms with Crippen LogP contribution in [-0.2, 0) is 0 Å². The number of anilines is 1. The lowest BCUT2D eigenvalue weighted by atomic mass is 10.1. The SMILES string of the molecule is CN=C(NCC1CCCN1C)N1CCN(c2cccc(C)c2C)CC1. The Balaban J connectivity index is 1.54. The molecule has 2 saturated heterocycles. The smallest absolute Gasteiger partial charge is 0.193 e. The van der Waals surface area contributed by atoms with Crippen LogP contribution in [-0.4, -0.2) is 75.2 Å². The Morgan fingerprint density at radius 1 is 1.16 bits per heavy atom. The molecule has 0 spiro atoms. The second-order valence-electron chi connectivity index (χ2n) is 7.40. The second kappa shape index (κ2) is 8.09. The molecule has 2 fully saturated rings. The fourth-order valence-corrected chi connectivity index (χ4v) is 4.02. The lowest BCUT2D eigenvalue weighted by Crippen LogP contribution is -2.54. The summed E-state index contributed by atoms with van der Waals surface area (Å²) in [4.78, 5) is 11.9. The number of benzene rings is 1. The minimum absolute atomic E-state index is 0.646. The summed E-state index contributed by atoms with van der Waals surface area (Å²) in [5.41, 5.74) is 4.16. The average molecular weight is 344 g/mol. The first kappa shape index (κ1) is 18.1. The van der Waals surface area contributed by atoms with E-state index in [-0.39, 0.29) is 0 Å². The van der Waals surface area contributed by atoms with Crippen LogP contribution < -0.4 is 10.2 Å². The van der Waals surface area contributed by atoms with Gasteiger partial charge in [-0.05, 0) is 57.5 Å². The number of piperazine rings is 1. The molecule has 25 heavy (non-hydrogen) atoms. The Kier molecular flexibility index (Phi) is 5.84. The molecule has 0 aromatic heterocycles. The third kappa shape index (κ3) is 4.09. The van der Waals surface area contributed by atoms with Gasteiger partial charge in [-0.2, -0.15) is 0 Å². The van der Waals surface area contributed by atoms with Crippen molar-refractivity contribution in [2.75, 3.05) is 58.3 Å². The molecule has 3 rings (SSSR count). The molecule has 5 nitrogen and oxygen atoms in total. The maximum Gasteiger partial charge on any atom is 0.193 e. The van der Waals surface area contributed by atoms with Crippen LogP contribution in [0.1, 0.15) is 24.0 Å². The molecular weight excluding hydrogens is 310 g/mol. The van der Waals surface area contributed by atoms with Crippen LogP contribution in [0.15, 0.2) is 23.2 Å². The molecule has 0 saturated carbocycles. The molecule has 5 heteroatoms. The van der Waals surface area contributed by atoms with Crippen LogP contribution in [0, 0.1) is 13.8 Å². The van der Waals surface area contributed by atoms with E-state index in [4.69, 9.17) is 0 Å². The number of aliphatic imine (C=N–C) groups is 1. The summed E-state index contributed by atoms with van der Waals surface area (Å²) in [6.45, 7) is 10.8. The average Bonchev–Trinajstić information content (AvgIpc) is 3.04. The van der Waals surface area contributed by atoms with Gasteiger partial charge in [0.2, 0.25) is 0 Å². The van der Waals surface area contributed by atoms with Crippen LogP contribution in [0.2, 0.25) is 0 Å². The maximum absolute atomic E-state index is 4.52. The number of guanidine groups is 1. The van der Waals surface area contributed by atoms with Crippen LogP contribution >= 0.6 is 0 Å². The monoisotopic (exact) mass is 343 g/mol. The highest BCUT2D eigenvalue weighted by Crippen LogP contribution is 2.23. The molecule has 0 amide bonds. The minimum Gasteiger partial charge on any atom is -0.368 e. The Morgan fingerprint density at radius 3 is 2.56 bits per heavy atom. The summed E-state index contributed by atoms with van der Waals surface area (Å²) in [5, 5.41) is 3.60. The molecule has 0 aliphatic carbocycles. The molecule has 2 aliphatic rings. The first-order valence-corrected chi connectivity index (χ1v) is 9.57. The Morgan fingerprint density at radius 2 is 1.92 bits per heavy atom. The van der Waals surface area contributed by atoms with E-state index in [1.165, 1.54) is 36.2 Å². The fraction of sp³-hybridized carbons (Fsp3) is 0.650. The van der Waals surface area contributed by atoms with Gasteiger partial charge in [-0.15, -0.1) is 0 Å². The molecule has 1 atom stereocenters. The summed E-state index contributed by atoms with van der Waals surface area (Å²) >= 11 is 0. The van der Waals surface area contributed by atoms with Gasteiger partial charge in [0, 0.05) is 51.5 Å². The highest BCUT2D eigenvalue weighted by atomic mass is 15.4. The molecule has 1 aromatic rings. The molecule has 1 aromatic carbocycles. The zero-order valence-corrected chi connectivity index (χ0v) is 16.3. The summed E-state index contributed by atoms with van der Waals surface area (Å²) in [6, 6.07) is 7.26. The van der Waals surface area contributed by atoms with Gasteiger partial charge in [-0.3, -0.25) is 4.99 Å². The zero-order valence-electron chi connectivity index (χ0n) is 16.3. The van der Waals surface area contributed by atoms with Crippen LogP contribution in [0.25, 0.3) is 0 Å². The van der Waals surface area contributed by atoms with Crippen molar-refractivity contribution in [2.45, 2.75) is 32.7 Å². The highest BCUT2D eigenvalue weighted by Gasteiger charge is 2.24. The number of rotatable bonds is 3. The van der Waals surface area contributed by atoms with Gasteiger partial charge in [0.05, 0.1) is 0 Å². The maximum atomic E-state index is 4.52. The largest absolute Gasteiger partial charge is 0.368 e. The van der Waals surface area contributed by atoms with Gasteiger partial charge < -0.3 is 20.0 Å². The topological polar surface area (TPSA) is 34.1 Å². The second-order valence-corrected chi connectivity index (χ2v) is 7.40. The lowest BCUT2D eigenvalue weighted by Gasteiger charge is -2.38. The molecule has 0 bridgehead atoms. The van der Waals surface area contributed by atoms with Crippen molar-refractivity contribution < 1.29 is 0 Å². The van der Waals surface area contributed by atoms with Gasteiger partial charge >= 0.3 is 0 Å². The van der Waals surface area contributed by atoms with E-state index in [1.807, 2.05) is 7.05 Å². The van der Waals surface area contributed by atoms with E-state index in [9.17, 15) is 0 Å². The van der Waals surface area contributed by atoms with Gasteiger partial charge in [-0.1, -0.05) is 12.1 Å². The van der Waals surface area contributed by atoms with Crippen molar-refractivity contribution in [2.24, 2.45) is 4.99 Å². The summed E-state index contributed by atoms with van der Waals surface area (Å²) in [5.74, 6) is 1.06. The molecular formula is C20H33N5. The summed E-state index contributed by atoms with van der Waals surface area (Å²) in [7, 11) is 4.13. The first-order valence-electron chi connectivity index (χ1n) is 9.57. The fourth-order valence-electron chi connectivity index (χ4n) is 4.02. The van der Waals surface area contributed by atoms with E-state index >= 15 is 0 Å². The first-order chi connectivity index (χ1) is 12.1. The van der Waals surface area contributed by atoms with Gasteiger partial charge in [0.15, 0.2) is 5.96 Å². The van der Waals surface area contributed by atoms with Gasteiger partial charge in [0.1, 0.15) is 0 Å². The summed E-state index contributed by atoms with van der Waals surface area (Å²) < 4.78 is 0. The number of nitrogens with one attached hydrogen (secondary N) is 1. The molecule has 0 radical (unpaired) electrons. The molecule has 1 N–H and O–H groups in total. The van der Waals surface area contributed by atoms with Crippen LogP contribution in [0.5, 0.6) is 0 Å². The zero-order chi connectivity index (χ0) is 17.8. The Labute approximate surface area is 152 Å². The lowest BCUT2D eigenvalue weighted by molar-refractivity contribution is 0.303.